The minimum Gasteiger partial charge on any atom is -0.508 e. The highest BCUT2D eigenvalue weighted by Gasteiger charge is 2.27. The van der Waals surface area contributed by atoms with E-state index in [0.717, 1.165) is 12.1 Å². The molecule has 4 heteroatoms. The summed E-state index contributed by atoms with van der Waals surface area (Å²) in [5.74, 6) is -0.652. The lowest BCUT2D eigenvalue weighted by molar-refractivity contribution is 0.211. The van der Waals surface area contributed by atoms with Crippen LogP contribution >= 0.6 is 0 Å². The molecule has 0 heterocycles. The molecule has 78 valence electrons. The molecule has 0 aliphatic carbocycles. The van der Waals surface area contributed by atoms with Crippen LogP contribution in [0.3, 0.4) is 0 Å². The van der Waals surface area contributed by atoms with Gasteiger partial charge in [0.05, 0.1) is 6.61 Å². The summed E-state index contributed by atoms with van der Waals surface area (Å²) in [7, 11) is 0. The molecule has 0 saturated heterocycles. The van der Waals surface area contributed by atoms with Crippen LogP contribution in [0, 0.1) is 0 Å². The third-order valence-corrected chi connectivity index (χ3v) is 2.15. The Hall–Kier alpha value is -1.42. The molecule has 0 bridgehead atoms. The first-order valence-electron chi connectivity index (χ1n) is 4.25. The molecule has 0 unspecified atom stereocenters. The highest BCUT2D eigenvalue weighted by atomic mass is 16.3. The zero-order chi connectivity index (χ0) is 10.9. The molecule has 0 radical (unpaired) electrons. The second-order valence-electron chi connectivity index (χ2n) is 3.90. The van der Waals surface area contributed by atoms with E-state index in [1.165, 1.54) is 0 Å². The van der Waals surface area contributed by atoms with Crippen molar-refractivity contribution in [3.05, 3.63) is 17.7 Å². The van der Waals surface area contributed by atoms with E-state index in [9.17, 15) is 10.2 Å². The molecule has 4 N–H and O–H groups in total. The molecule has 0 amide bonds. The maximum atomic E-state index is 9.51. The van der Waals surface area contributed by atoms with Crippen molar-refractivity contribution in [3.63, 3.8) is 0 Å². The van der Waals surface area contributed by atoms with E-state index >= 15 is 0 Å². The van der Waals surface area contributed by atoms with Crippen molar-refractivity contribution in [1.82, 2.24) is 0 Å². The molecule has 0 saturated carbocycles. The van der Waals surface area contributed by atoms with E-state index in [1.54, 1.807) is 13.8 Å². The van der Waals surface area contributed by atoms with Crippen molar-refractivity contribution in [1.29, 1.82) is 0 Å². The van der Waals surface area contributed by atoms with Crippen LogP contribution in [-0.4, -0.2) is 27.0 Å². The molecular formula is C10H14O4. The number of hydrogen-bond donors (Lipinski definition) is 4. The summed E-state index contributed by atoms with van der Waals surface area (Å²) in [6, 6.07) is 2.26. The van der Waals surface area contributed by atoms with Gasteiger partial charge in [0.1, 0.15) is 17.2 Å². The first-order valence-corrected chi connectivity index (χ1v) is 4.25. The average molecular weight is 198 g/mol. The zero-order valence-electron chi connectivity index (χ0n) is 8.15. The molecule has 0 fully saturated rings. The average Bonchev–Trinajstić information content (AvgIpc) is 2.01. The van der Waals surface area contributed by atoms with Gasteiger partial charge in [0.15, 0.2) is 0 Å². The third-order valence-electron chi connectivity index (χ3n) is 2.15. The van der Waals surface area contributed by atoms with Crippen molar-refractivity contribution >= 4 is 0 Å². The molecule has 1 aromatic rings. The smallest absolute Gasteiger partial charge is 0.126 e. The molecule has 4 nitrogen and oxygen atoms in total. The highest BCUT2D eigenvalue weighted by molar-refractivity contribution is 5.52. The van der Waals surface area contributed by atoms with Crippen LogP contribution in [0.25, 0.3) is 0 Å². The van der Waals surface area contributed by atoms with E-state index < -0.39 is 5.41 Å². The topological polar surface area (TPSA) is 80.9 Å². The first kappa shape index (κ1) is 10.7. The maximum absolute atomic E-state index is 9.51. The number of aromatic hydroxyl groups is 3. The minimum atomic E-state index is -0.748. The predicted molar refractivity (Wildman–Crippen MR) is 51.5 cm³/mol. The lowest BCUT2D eigenvalue weighted by atomic mass is 9.84. The fourth-order valence-corrected chi connectivity index (χ4v) is 1.37. The quantitative estimate of drug-likeness (QED) is 0.573. The maximum Gasteiger partial charge on any atom is 0.126 e. The van der Waals surface area contributed by atoms with Crippen LogP contribution < -0.4 is 0 Å². The standard InChI is InChI=1S/C10H14O4/c1-10(2,5-11)9-7(13)3-6(12)4-8(9)14/h3-4,11-14H,5H2,1-2H3. The normalized spacial score (nSPS) is 11.6. The lowest BCUT2D eigenvalue weighted by Gasteiger charge is -2.24. The van der Waals surface area contributed by atoms with Gasteiger partial charge in [-0.25, -0.2) is 0 Å². The summed E-state index contributed by atoms with van der Waals surface area (Å²) >= 11 is 0. The van der Waals surface area contributed by atoms with Gasteiger partial charge in [0.25, 0.3) is 0 Å². The van der Waals surface area contributed by atoms with Gasteiger partial charge in [-0.1, -0.05) is 13.8 Å². The number of aliphatic hydroxyl groups excluding tert-OH is 1. The van der Waals surface area contributed by atoms with Gasteiger partial charge in [0.2, 0.25) is 0 Å². The van der Waals surface area contributed by atoms with Crippen LogP contribution in [-0.2, 0) is 5.41 Å². The number of phenolic OH excluding ortho intramolecular Hbond substituents is 3. The molecule has 1 aromatic carbocycles. The van der Waals surface area contributed by atoms with Crippen molar-refractivity contribution < 1.29 is 20.4 Å². The summed E-state index contributed by atoms with van der Waals surface area (Å²) in [6.45, 7) is 3.15. The molecule has 0 spiro atoms. The molecule has 0 aliphatic heterocycles. The second-order valence-corrected chi connectivity index (χ2v) is 3.90. The van der Waals surface area contributed by atoms with Crippen LogP contribution in [0.15, 0.2) is 12.1 Å². The Labute approximate surface area is 82.1 Å². The van der Waals surface area contributed by atoms with Gasteiger partial charge in [-0.2, -0.15) is 0 Å². The van der Waals surface area contributed by atoms with Crippen molar-refractivity contribution in [3.8, 4) is 17.2 Å². The Bertz CT molecular complexity index is 321. The van der Waals surface area contributed by atoms with Gasteiger partial charge in [-0.05, 0) is 0 Å². The van der Waals surface area contributed by atoms with Crippen LogP contribution in [0.2, 0.25) is 0 Å². The number of aliphatic hydroxyl groups is 1. The van der Waals surface area contributed by atoms with Crippen molar-refractivity contribution in [2.24, 2.45) is 0 Å². The molecular weight excluding hydrogens is 184 g/mol. The van der Waals surface area contributed by atoms with E-state index in [4.69, 9.17) is 10.2 Å². The molecule has 0 aliphatic rings. The molecule has 0 atom stereocenters. The zero-order valence-corrected chi connectivity index (χ0v) is 8.15. The van der Waals surface area contributed by atoms with Crippen LogP contribution in [0.5, 0.6) is 17.2 Å². The lowest BCUT2D eigenvalue weighted by Crippen LogP contribution is -2.22. The molecule has 14 heavy (non-hydrogen) atoms. The van der Waals surface area contributed by atoms with Gasteiger partial charge in [0, 0.05) is 23.1 Å². The minimum absolute atomic E-state index is 0.209. The summed E-state index contributed by atoms with van der Waals surface area (Å²) < 4.78 is 0. The molecule has 1 rings (SSSR count). The number of phenols is 3. The fourth-order valence-electron chi connectivity index (χ4n) is 1.37. The van der Waals surface area contributed by atoms with Crippen molar-refractivity contribution in [2.45, 2.75) is 19.3 Å². The summed E-state index contributed by atoms with van der Waals surface area (Å²) in [5, 5.41) is 37.2. The van der Waals surface area contributed by atoms with Crippen LogP contribution in [0.4, 0.5) is 0 Å². The third kappa shape index (κ3) is 1.75. The number of hydrogen-bond acceptors (Lipinski definition) is 4. The largest absolute Gasteiger partial charge is 0.508 e. The van der Waals surface area contributed by atoms with Crippen LogP contribution in [0.1, 0.15) is 19.4 Å². The Balaban J connectivity index is 3.35. The van der Waals surface area contributed by atoms with Gasteiger partial charge < -0.3 is 20.4 Å². The Morgan fingerprint density at radius 3 is 1.86 bits per heavy atom. The van der Waals surface area contributed by atoms with Gasteiger partial charge in [-0.3, -0.25) is 0 Å². The Kier molecular flexibility index (Phi) is 2.57. The second kappa shape index (κ2) is 3.38. The van der Waals surface area contributed by atoms with Crippen molar-refractivity contribution in [2.75, 3.05) is 6.61 Å². The Morgan fingerprint density at radius 2 is 1.50 bits per heavy atom. The number of rotatable bonds is 2. The molecule has 0 aromatic heterocycles. The van der Waals surface area contributed by atoms with Gasteiger partial charge >= 0.3 is 0 Å². The summed E-state index contributed by atoms with van der Waals surface area (Å²) in [6.07, 6.45) is 0. The predicted octanol–water partition coefficient (Wildman–Crippen LogP) is 1.07. The highest BCUT2D eigenvalue weighted by Crippen LogP contribution is 2.40. The monoisotopic (exact) mass is 198 g/mol. The fraction of sp³-hybridized carbons (Fsp3) is 0.400. The summed E-state index contributed by atoms with van der Waals surface area (Å²) in [5.41, 5.74) is -0.514. The van der Waals surface area contributed by atoms with E-state index in [1.807, 2.05) is 0 Å². The van der Waals surface area contributed by atoms with E-state index in [2.05, 4.69) is 0 Å². The van der Waals surface area contributed by atoms with E-state index in [-0.39, 0.29) is 29.4 Å². The Morgan fingerprint density at radius 1 is 1.07 bits per heavy atom. The first-order chi connectivity index (χ1) is 6.38. The van der Waals surface area contributed by atoms with Gasteiger partial charge in [-0.15, -0.1) is 0 Å². The number of benzene rings is 1. The van der Waals surface area contributed by atoms with E-state index in [0.29, 0.717) is 0 Å². The summed E-state index contributed by atoms with van der Waals surface area (Å²) in [4.78, 5) is 0. The SMILES string of the molecule is CC(C)(CO)c1c(O)cc(O)cc1O.